The minimum atomic E-state index is 0.0259. The molecule has 1 aliphatic carbocycles. The van der Waals surface area contributed by atoms with Crippen LogP contribution in [0.25, 0.3) is 10.9 Å². The van der Waals surface area contributed by atoms with Crippen LogP contribution in [0.1, 0.15) is 55.5 Å². The quantitative estimate of drug-likeness (QED) is 0.397. The molecule has 1 atom stereocenters. The number of benzene rings is 1. The zero-order chi connectivity index (χ0) is 21.3. The molecular weight excluding hydrogens is 404 g/mol. The highest BCUT2D eigenvalue weighted by Crippen LogP contribution is 2.39. The van der Waals surface area contributed by atoms with Crippen LogP contribution in [-0.4, -0.2) is 36.6 Å². The van der Waals surface area contributed by atoms with Gasteiger partial charge in [-0.05, 0) is 49.8 Å². The summed E-state index contributed by atoms with van der Waals surface area (Å²) in [5.74, 6) is 2.68. The fraction of sp³-hybridized carbons (Fsp3) is 0.391. The monoisotopic (exact) mass is 430 g/mol. The van der Waals surface area contributed by atoms with Gasteiger partial charge < -0.3 is 15.4 Å². The van der Waals surface area contributed by atoms with E-state index in [4.69, 9.17) is 4.74 Å². The fourth-order valence-corrected chi connectivity index (χ4v) is 4.25. The molecule has 9 nitrogen and oxygen atoms in total. The zero-order valence-electron chi connectivity index (χ0n) is 17.8. The van der Waals surface area contributed by atoms with E-state index in [1.54, 1.807) is 6.20 Å². The summed E-state index contributed by atoms with van der Waals surface area (Å²) < 4.78 is 7.94. The lowest BCUT2D eigenvalue weighted by Crippen LogP contribution is -2.18. The topological polar surface area (TPSA) is 106 Å². The third kappa shape index (κ3) is 3.91. The van der Waals surface area contributed by atoms with E-state index in [0.717, 1.165) is 41.7 Å². The van der Waals surface area contributed by atoms with Gasteiger partial charge in [-0.1, -0.05) is 12.1 Å². The summed E-state index contributed by atoms with van der Waals surface area (Å²) in [6.45, 7) is 1.40. The molecule has 0 amide bonds. The molecule has 0 spiro atoms. The molecule has 3 aromatic heterocycles. The number of aromatic nitrogens is 6. The van der Waals surface area contributed by atoms with Crippen LogP contribution < -0.4 is 10.6 Å². The molecule has 1 aromatic carbocycles. The molecule has 4 aromatic rings. The third-order valence-electron chi connectivity index (χ3n) is 6.12. The fourth-order valence-electron chi connectivity index (χ4n) is 4.25. The van der Waals surface area contributed by atoms with Gasteiger partial charge in [0.25, 0.3) is 0 Å². The third-order valence-corrected chi connectivity index (χ3v) is 6.12. The van der Waals surface area contributed by atoms with Gasteiger partial charge in [-0.3, -0.25) is 5.10 Å². The van der Waals surface area contributed by atoms with Gasteiger partial charge in [0, 0.05) is 42.4 Å². The first-order valence-electron chi connectivity index (χ1n) is 11.3. The molecule has 2 aliphatic rings. The van der Waals surface area contributed by atoms with Crippen molar-refractivity contribution in [1.29, 1.82) is 0 Å². The largest absolute Gasteiger partial charge is 0.356 e. The highest BCUT2D eigenvalue weighted by atomic mass is 16.5. The number of H-pyrrole nitrogens is 1. The maximum atomic E-state index is 5.93. The van der Waals surface area contributed by atoms with Gasteiger partial charge in [-0.15, -0.1) is 0 Å². The molecule has 3 N–H and O–H groups in total. The molecule has 1 saturated heterocycles. The van der Waals surface area contributed by atoms with Gasteiger partial charge >= 0.3 is 0 Å². The van der Waals surface area contributed by atoms with Gasteiger partial charge in [0.05, 0.1) is 11.7 Å². The minimum Gasteiger partial charge on any atom is -0.356 e. The average Bonchev–Trinajstić information content (AvgIpc) is 3.42. The number of nitrogens with one attached hydrogen (secondary N) is 3. The highest BCUT2D eigenvalue weighted by Gasteiger charge is 2.25. The Morgan fingerprint density at radius 1 is 1.12 bits per heavy atom. The first-order valence-corrected chi connectivity index (χ1v) is 11.3. The molecule has 1 aliphatic heterocycles. The molecule has 1 unspecified atom stereocenters. The van der Waals surface area contributed by atoms with Crippen LogP contribution in [0.15, 0.2) is 42.7 Å². The van der Waals surface area contributed by atoms with Crippen molar-refractivity contribution >= 4 is 28.5 Å². The molecule has 9 heteroatoms. The number of fused-ring (bicyclic) bond motifs is 1. The second kappa shape index (κ2) is 8.23. The van der Waals surface area contributed by atoms with E-state index in [0.29, 0.717) is 24.2 Å². The van der Waals surface area contributed by atoms with Crippen molar-refractivity contribution < 1.29 is 4.74 Å². The first-order chi connectivity index (χ1) is 15.8. The Hall–Kier alpha value is -3.46. The second-order valence-electron chi connectivity index (χ2n) is 8.49. The van der Waals surface area contributed by atoms with E-state index < -0.39 is 0 Å². The molecule has 2 fully saturated rings. The summed E-state index contributed by atoms with van der Waals surface area (Å²) in [5.41, 5.74) is 3.43. The predicted octanol–water partition coefficient (Wildman–Crippen LogP) is 4.48. The van der Waals surface area contributed by atoms with Gasteiger partial charge in [0.15, 0.2) is 12.0 Å². The van der Waals surface area contributed by atoms with Crippen molar-refractivity contribution in [2.45, 2.75) is 50.8 Å². The Morgan fingerprint density at radius 2 is 2.09 bits per heavy atom. The van der Waals surface area contributed by atoms with Crippen molar-refractivity contribution in [1.82, 2.24) is 29.9 Å². The summed E-state index contributed by atoms with van der Waals surface area (Å²) >= 11 is 0. The molecule has 4 heterocycles. The predicted molar refractivity (Wildman–Crippen MR) is 122 cm³/mol. The molecule has 164 valence electrons. The number of anilines is 3. The number of hydrogen-bond acceptors (Lipinski definition) is 7. The molecule has 0 bridgehead atoms. The Kier molecular flexibility index (Phi) is 4.95. The van der Waals surface area contributed by atoms with Gasteiger partial charge in [0.1, 0.15) is 5.82 Å². The summed E-state index contributed by atoms with van der Waals surface area (Å²) in [5, 5.41) is 19.8. The van der Waals surface area contributed by atoms with Crippen LogP contribution >= 0.6 is 0 Å². The minimum absolute atomic E-state index is 0.0259. The Morgan fingerprint density at radius 3 is 2.97 bits per heavy atom. The van der Waals surface area contributed by atoms with Crippen LogP contribution in [0.3, 0.4) is 0 Å². The molecule has 32 heavy (non-hydrogen) atoms. The lowest BCUT2D eigenvalue weighted by Gasteiger charge is -2.23. The van der Waals surface area contributed by atoms with Crippen molar-refractivity contribution in [2.75, 3.05) is 17.2 Å². The van der Waals surface area contributed by atoms with Crippen LogP contribution in [-0.2, 0) is 11.3 Å². The van der Waals surface area contributed by atoms with Gasteiger partial charge in [-0.2, -0.15) is 15.2 Å². The van der Waals surface area contributed by atoms with Crippen molar-refractivity contribution in [3.63, 3.8) is 0 Å². The lowest BCUT2D eigenvalue weighted by atomic mass is 10.1. The van der Waals surface area contributed by atoms with E-state index in [2.05, 4.69) is 60.2 Å². The number of aromatic amines is 1. The Labute approximate surface area is 185 Å². The zero-order valence-corrected chi connectivity index (χ0v) is 17.8. The van der Waals surface area contributed by atoms with Crippen LogP contribution in [0, 0.1) is 0 Å². The highest BCUT2D eigenvalue weighted by molar-refractivity contribution is 5.82. The van der Waals surface area contributed by atoms with E-state index in [-0.39, 0.29) is 6.23 Å². The number of nitrogens with zero attached hydrogens (tertiary/aromatic N) is 5. The lowest BCUT2D eigenvalue weighted by molar-refractivity contribution is -0.0366. The number of hydrogen-bond donors (Lipinski definition) is 3. The Bertz CT molecular complexity index is 1220. The van der Waals surface area contributed by atoms with E-state index in [1.807, 2.05) is 16.9 Å². The number of rotatable bonds is 7. The molecule has 6 rings (SSSR count). The van der Waals surface area contributed by atoms with Crippen LogP contribution in [0.2, 0.25) is 0 Å². The first kappa shape index (κ1) is 19.2. The van der Waals surface area contributed by atoms with Crippen LogP contribution in [0.5, 0.6) is 0 Å². The number of ether oxygens (including phenoxy) is 1. The maximum Gasteiger partial charge on any atom is 0.224 e. The standard InChI is InChI=1S/C23H26N8O/c1-2-11-32-22(6-1)31-19-5-3-4-16(17(19)14-26-31)13-25-23-24-10-9-20(28-23)27-21-12-18(29-30-21)15-7-8-15/h3-5,9-10,12,14-15,22H,1-2,6-8,11,13H2,(H3,24,25,27,28,29,30). The van der Waals surface area contributed by atoms with Gasteiger partial charge in [-0.25, -0.2) is 9.67 Å². The van der Waals surface area contributed by atoms with Crippen LogP contribution in [0.4, 0.5) is 17.6 Å². The summed E-state index contributed by atoms with van der Waals surface area (Å²) in [7, 11) is 0. The van der Waals surface area contributed by atoms with Crippen molar-refractivity contribution in [3.05, 3.63) is 54.0 Å². The van der Waals surface area contributed by atoms with Crippen molar-refractivity contribution in [2.24, 2.45) is 0 Å². The van der Waals surface area contributed by atoms with Gasteiger partial charge in [0.2, 0.25) is 5.95 Å². The summed E-state index contributed by atoms with van der Waals surface area (Å²) in [6.07, 6.45) is 9.48. The summed E-state index contributed by atoms with van der Waals surface area (Å²) in [6, 6.07) is 10.2. The smallest absolute Gasteiger partial charge is 0.224 e. The van der Waals surface area contributed by atoms with Crippen molar-refractivity contribution in [3.8, 4) is 0 Å². The molecule has 0 radical (unpaired) electrons. The van der Waals surface area contributed by atoms with E-state index >= 15 is 0 Å². The Balaban J connectivity index is 1.16. The van der Waals surface area contributed by atoms with E-state index in [1.165, 1.54) is 25.0 Å². The molecular formula is C23H26N8O. The van der Waals surface area contributed by atoms with E-state index in [9.17, 15) is 0 Å². The maximum absolute atomic E-state index is 5.93. The average molecular weight is 431 g/mol. The SMILES string of the molecule is c1cc(CNc2nccc(Nc3cc(C4CC4)[nH]n3)n2)c2cnn(C3CCCCO3)c2c1. The molecule has 1 saturated carbocycles. The summed E-state index contributed by atoms with van der Waals surface area (Å²) in [4.78, 5) is 8.95. The normalized spacial score (nSPS) is 18.7. The second-order valence-corrected chi connectivity index (χ2v) is 8.49.